The van der Waals surface area contributed by atoms with Crippen molar-refractivity contribution in [3.63, 3.8) is 0 Å². The molecule has 0 radical (unpaired) electrons. The summed E-state index contributed by atoms with van der Waals surface area (Å²) in [6, 6.07) is 7.87. The second-order valence-electron chi connectivity index (χ2n) is 6.69. The number of amides is 2. The predicted octanol–water partition coefficient (Wildman–Crippen LogP) is 2.84. The largest absolute Gasteiger partial charge is 0.465 e. The molecule has 4 N–H and O–H groups in total. The molecule has 9 heteroatoms. The molecule has 1 aliphatic rings. The average molecular weight is 405 g/mol. The summed E-state index contributed by atoms with van der Waals surface area (Å²) in [6.07, 6.45) is 2.09. The minimum absolute atomic E-state index is 0.188. The first kappa shape index (κ1) is 20.2. The van der Waals surface area contributed by atoms with Crippen LogP contribution in [0.5, 0.6) is 0 Å². The van der Waals surface area contributed by atoms with Crippen molar-refractivity contribution in [1.82, 2.24) is 10.3 Å². The van der Waals surface area contributed by atoms with Gasteiger partial charge in [0.2, 0.25) is 5.91 Å². The predicted molar refractivity (Wildman–Crippen MR) is 105 cm³/mol. The smallest absolute Gasteiger partial charge is 0.405 e. The van der Waals surface area contributed by atoms with Crippen molar-refractivity contribution in [3.05, 3.63) is 35.2 Å². The van der Waals surface area contributed by atoms with Crippen molar-refractivity contribution in [2.24, 2.45) is 0 Å². The first-order valence-electron chi connectivity index (χ1n) is 9.11. The third-order valence-corrected chi connectivity index (χ3v) is 5.26. The summed E-state index contributed by atoms with van der Waals surface area (Å²) in [5.74, 6) is -0.469. The minimum atomic E-state index is -1.25. The first-order valence-corrected chi connectivity index (χ1v) is 9.98. The molecule has 1 fully saturated rings. The molecule has 0 bridgehead atoms. The first-order chi connectivity index (χ1) is 13.5. The zero-order valence-corrected chi connectivity index (χ0v) is 16.1. The molecule has 1 aliphatic carbocycles. The molecular formula is C19H23N3O5S. The van der Waals surface area contributed by atoms with E-state index in [1.807, 2.05) is 35.0 Å². The maximum atomic E-state index is 11.7. The Bertz CT molecular complexity index is 817. The van der Waals surface area contributed by atoms with Gasteiger partial charge in [-0.3, -0.25) is 4.79 Å². The number of benzene rings is 1. The molecule has 0 saturated heterocycles. The van der Waals surface area contributed by atoms with Gasteiger partial charge >= 0.3 is 6.09 Å². The van der Waals surface area contributed by atoms with Gasteiger partial charge in [0.25, 0.3) is 0 Å². The van der Waals surface area contributed by atoms with Crippen LogP contribution in [0.25, 0.3) is 11.3 Å². The Kier molecular flexibility index (Phi) is 6.96. The van der Waals surface area contributed by atoms with Crippen molar-refractivity contribution < 1.29 is 24.5 Å². The standard InChI is InChI=1S/C19H23N3O5S/c23-14-4-6-15(7-5-14)27-10-12-2-1-3-13(8-12)16-11-28-18(21-16)22-17(24)9-20-19(25)26/h1-3,8,11,14-15,20,23H,4-7,9-10H2,(H,25,26)(H,21,22,24). The number of rotatable bonds is 7. The zero-order valence-electron chi connectivity index (χ0n) is 15.3. The Morgan fingerprint density at radius 2 is 2.04 bits per heavy atom. The lowest BCUT2D eigenvalue weighted by Crippen LogP contribution is -2.31. The van der Waals surface area contributed by atoms with E-state index in [0.717, 1.165) is 42.5 Å². The van der Waals surface area contributed by atoms with Crippen LogP contribution in [0.1, 0.15) is 31.2 Å². The summed E-state index contributed by atoms with van der Waals surface area (Å²) >= 11 is 1.28. The number of aromatic nitrogens is 1. The lowest BCUT2D eigenvalue weighted by Gasteiger charge is -2.25. The van der Waals surface area contributed by atoms with Crippen molar-refractivity contribution in [1.29, 1.82) is 0 Å². The summed E-state index contributed by atoms with van der Waals surface area (Å²) in [5.41, 5.74) is 2.68. The fraction of sp³-hybridized carbons (Fsp3) is 0.421. The second-order valence-corrected chi connectivity index (χ2v) is 7.54. The molecule has 1 heterocycles. The Morgan fingerprint density at radius 3 is 2.79 bits per heavy atom. The average Bonchev–Trinajstić information content (AvgIpc) is 3.15. The summed E-state index contributed by atoms with van der Waals surface area (Å²) in [7, 11) is 0. The number of anilines is 1. The molecule has 28 heavy (non-hydrogen) atoms. The molecule has 3 rings (SSSR count). The van der Waals surface area contributed by atoms with Gasteiger partial charge in [0.15, 0.2) is 5.13 Å². The zero-order chi connectivity index (χ0) is 19.9. The van der Waals surface area contributed by atoms with Crippen LogP contribution in [0.2, 0.25) is 0 Å². The summed E-state index contributed by atoms with van der Waals surface area (Å²) < 4.78 is 5.97. The van der Waals surface area contributed by atoms with E-state index in [2.05, 4.69) is 10.3 Å². The van der Waals surface area contributed by atoms with E-state index in [4.69, 9.17) is 9.84 Å². The Balaban J connectivity index is 1.55. The van der Waals surface area contributed by atoms with Gasteiger partial charge in [-0.2, -0.15) is 0 Å². The topological polar surface area (TPSA) is 121 Å². The SMILES string of the molecule is O=C(O)NCC(=O)Nc1nc(-c2cccc(COC3CCC(O)CC3)c2)cs1. The highest BCUT2D eigenvalue weighted by molar-refractivity contribution is 7.14. The molecule has 1 aromatic carbocycles. The van der Waals surface area contributed by atoms with E-state index in [9.17, 15) is 14.7 Å². The van der Waals surface area contributed by atoms with Gasteiger partial charge in [-0.25, -0.2) is 9.78 Å². The van der Waals surface area contributed by atoms with Crippen LogP contribution < -0.4 is 10.6 Å². The number of carbonyl (C=O) groups is 2. The van der Waals surface area contributed by atoms with Crippen LogP contribution in [0, 0.1) is 0 Å². The van der Waals surface area contributed by atoms with E-state index >= 15 is 0 Å². The summed E-state index contributed by atoms with van der Waals surface area (Å²) in [5, 5.41) is 24.9. The maximum absolute atomic E-state index is 11.7. The Labute approximate surface area is 166 Å². The number of hydrogen-bond donors (Lipinski definition) is 4. The van der Waals surface area contributed by atoms with E-state index in [-0.39, 0.29) is 18.8 Å². The fourth-order valence-electron chi connectivity index (χ4n) is 3.03. The van der Waals surface area contributed by atoms with Gasteiger partial charge in [0.1, 0.15) is 6.54 Å². The van der Waals surface area contributed by atoms with Crippen molar-refractivity contribution in [2.45, 2.75) is 44.5 Å². The molecular weight excluding hydrogens is 382 g/mol. The third kappa shape index (κ3) is 6.01. The monoisotopic (exact) mass is 405 g/mol. The highest BCUT2D eigenvalue weighted by atomic mass is 32.1. The van der Waals surface area contributed by atoms with Crippen LogP contribution in [0.15, 0.2) is 29.6 Å². The van der Waals surface area contributed by atoms with E-state index < -0.39 is 12.0 Å². The van der Waals surface area contributed by atoms with Crippen molar-refractivity contribution in [2.75, 3.05) is 11.9 Å². The molecule has 0 unspecified atom stereocenters. The number of thiazole rings is 1. The molecule has 0 spiro atoms. The molecule has 150 valence electrons. The number of nitrogens with zero attached hydrogens (tertiary/aromatic N) is 1. The van der Waals surface area contributed by atoms with Gasteiger partial charge in [-0.1, -0.05) is 18.2 Å². The summed E-state index contributed by atoms with van der Waals surface area (Å²) in [6.45, 7) is 0.179. The second kappa shape index (κ2) is 9.63. The van der Waals surface area contributed by atoms with Gasteiger partial charge in [0.05, 0.1) is 24.5 Å². The molecule has 8 nitrogen and oxygen atoms in total. The highest BCUT2D eigenvalue weighted by Crippen LogP contribution is 2.27. The molecule has 1 aromatic heterocycles. The Morgan fingerprint density at radius 1 is 1.25 bits per heavy atom. The number of aliphatic hydroxyl groups is 1. The number of carboxylic acid groups (broad SMARTS) is 1. The van der Waals surface area contributed by atoms with Crippen LogP contribution in [-0.4, -0.2) is 46.0 Å². The molecule has 0 atom stereocenters. The Hall–Kier alpha value is -2.49. The van der Waals surface area contributed by atoms with E-state index in [1.165, 1.54) is 11.3 Å². The molecule has 1 saturated carbocycles. The third-order valence-electron chi connectivity index (χ3n) is 4.50. The van der Waals surface area contributed by atoms with E-state index in [0.29, 0.717) is 11.7 Å². The van der Waals surface area contributed by atoms with Gasteiger partial charge in [0, 0.05) is 10.9 Å². The fourth-order valence-corrected chi connectivity index (χ4v) is 3.77. The van der Waals surface area contributed by atoms with Gasteiger partial charge < -0.3 is 25.6 Å². The lowest BCUT2D eigenvalue weighted by atomic mass is 9.95. The van der Waals surface area contributed by atoms with Crippen LogP contribution in [0.3, 0.4) is 0 Å². The van der Waals surface area contributed by atoms with Gasteiger partial charge in [-0.05, 0) is 37.3 Å². The summed E-state index contributed by atoms with van der Waals surface area (Å²) in [4.78, 5) is 26.5. The molecule has 2 aromatic rings. The van der Waals surface area contributed by atoms with Crippen LogP contribution in [-0.2, 0) is 16.1 Å². The van der Waals surface area contributed by atoms with Crippen LogP contribution >= 0.6 is 11.3 Å². The highest BCUT2D eigenvalue weighted by Gasteiger charge is 2.19. The number of carbonyl (C=O) groups excluding carboxylic acids is 1. The number of hydrogen-bond acceptors (Lipinski definition) is 6. The molecule has 2 amide bonds. The van der Waals surface area contributed by atoms with Crippen molar-refractivity contribution >= 4 is 28.5 Å². The number of ether oxygens (including phenoxy) is 1. The maximum Gasteiger partial charge on any atom is 0.405 e. The lowest BCUT2D eigenvalue weighted by molar-refractivity contribution is -0.115. The molecule has 0 aliphatic heterocycles. The van der Waals surface area contributed by atoms with Gasteiger partial charge in [-0.15, -0.1) is 11.3 Å². The van der Waals surface area contributed by atoms with Crippen molar-refractivity contribution in [3.8, 4) is 11.3 Å². The normalized spacial score (nSPS) is 19.2. The number of nitrogens with one attached hydrogen (secondary N) is 2. The quantitative estimate of drug-likeness (QED) is 0.562. The van der Waals surface area contributed by atoms with E-state index in [1.54, 1.807) is 0 Å². The minimum Gasteiger partial charge on any atom is -0.465 e. The number of aliphatic hydroxyl groups excluding tert-OH is 1. The van der Waals surface area contributed by atoms with Crippen LogP contribution in [0.4, 0.5) is 9.93 Å².